The van der Waals surface area contributed by atoms with Crippen molar-refractivity contribution < 1.29 is 9.47 Å². The van der Waals surface area contributed by atoms with Gasteiger partial charge >= 0.3 is 0 Å². The molecule has 4 heteroatoms. The van der Waals surface area contributed by atoms with Crippen molar-refractivity contribution in [2.24, 2.45) is 11.7 Å². The van der Waals surface area contributed by atoms with Crippen LogP contribution in [0.5, 0.6) is 11.5 Å². The van der Waals surface area contributed by atoms with E-state index in [1.54, 1.807) is 14.2 Å². The zero-order valence-corrected chi connectivity index (χ0v) is 13.0. The quantitative estimate of drug-likeness (QED) is 0.905. The van der Waals surface area contributed by atoms with Crippen molar-refractivity contribution in [3.05, 3.63) is 23.8 Å². The molecule has 2 aliphatic rings. The molecule has 1 saturated carbocycles. The summed E-state index contributed by atoms with van der Waals surface area (Å²) in [6.45, 7) is 1.90. The molecule has 1 aromatic rings. The molecule has 1 saturated heterocycles. The van der Waals surface area contributed by atoms with E-state index in [0.717, 1.165) is 24.1 Å². The molecule has 0 radical (unpaired) electrons. The Balaban J connectivity index is 2.00. The Kier molecular flexibility index (Phi) is 4.36. The molecule has 2 N–H and O–H groups in total. The lowest BCUT2D eigenvalue weighted by atomic mass is 9.84. The van der Waals surface area contributed by atoms with Crippen molar-refractivity contribution >= 4 is 0 Å². The van der Waals surface area contributed by atoms with Gasteiger partial charge in [-0.3, -0.25) is 4.90 Å². The van der Waals surface area contributed by atoms with Crippen LogP contribution in [0.2, 0.25) is 0 Å². The van der Waals surface area contributed by atoms with Crippen LogP contribution in [-0.2, 0) is 0 Å². The Morgan fingerprint density at radius 1 is 1.19 bits per heavy atom. The van der Waals surface area contributed by atoms with E-state index < -0.39 is 0 Å². The summed E-state index contributed by atoms with van der Waals surface area (Å²) in [6.07, 6.45) is 5.09. The monoisotopic (exact) mass is 290 g/mol. The molecule has 0 bridgehead atoms. The normalized spacial score (nSPS) is 26.6. The zero-order chi connectivity index (χ0) is 14.8. The van der Waals surface area contributed by atoms with Gasteiger partial charge in [-0.25, -0.2) is 0 Å². The van der Waals surface area contributed by atoms with Crippen LogP contribution < -0.4 is 15.2 Å². The Morgan fingerprint density at radius 3 is 2.62 bits per heavy atom. The van der Waals surface area contributed by atoms with E-state index in [-0.39, 0.29) is 0 Å². The molecular weight excluding hydrogens is 264 g/mol. The van der Waals surface area contributed by atoms with Gasteiger partial charge in [0, 0.05) is 17.6 Å². The number of ether oxygens (including phenoxy) is 2. The summed E-state index contributed by atoms with van der Waals surface area (Å²) >= 11 is 0. The van der Waals surface area contributed by atoms with E-state index in [1.807, 2.05) is 12.1 Å². The third kappa shape index (κ3) is 2.87. The zero-order valence-electron chi connectivity index (χ0n) is 13.0. The fourth-order valence-electron chi connectivity index (χ4n) is 3.67. The maximum absolute atomic E-state index is 6.08. The molecule has 2 unspecified atom stereocenters. The highest BCUT2D eigenvalue weighted by Gasteiger charge is 2.41. The predicted octanol–water partition coefficient (Wildman–Crippen LogP) is 2.58. The number of hydrogen-bond donors (Lipinski definition) is 1. The van der Waals surface area contributed by atoms with Crippen LogP contribution in [0, 0.1) is 5.92 Å². The Bertz CT molecular complexity index is 488. The van der Waals surface area contributed by atoms with Crippen LogP contribution in [-0.4, -0.2) is 38.3 Å². The molecule has 21 heavy (non-hydrogen) atoms. The lowest BCUT2D eigenvalue weighted by molar-refractivity contribution is 0.0858. The van der Waals surface area contributed by atoms with Crippen molar-refractivity contribution in [3.8, 4) is 11.5 Å². The van der Waals surface area contributed by atoms with Crippen LogP contribution in [0.25, 0.3) is 0 Å². The molecule has 2 atom stereocenters. The molecule has 0 aromatic heterocycles. The van der Waals surface area contributed by atoms with E-state index in [0.29, 0.717) is 12.0 Å². The molecule has 1 aliphatic carbocycles. The summed E-state index contributed by atoms with van der Waals surface area (Å²) in [7, 11) is 3.46. The second-order valence-corrected chi connectivity index (χ2v) is 6.16. The van der Waals surface area contributed by atoms with E-state index in [2.05, 4.69) is 11.0 Å². The van der Waals surface area contributed by atoms with Crippen molar-refractivity contribution in [1.29, 1.82) is 0 Å². The average Bonchev–Trinajstić information content (AvgIpc) is 3.38. The highest BCUT2D eigenvalue weighted by molar-refractivity contribution is 5.43. The van der Waals surface area contributed by atoms with Crippen LogP contribution >= 0.6 is 0 Å². The number of methoxy groups -OCH3 is 2. The lowest BCUT2D eigenvalue weighted by Crippen LogP contribution is -2.42. The summed E-state index contributed by atoms with van der Waals surface area (Å²) in [5, 5.41) is 0. The average molecular weight is 290 g/mol. The molecule has 0 spiro atoms. The minimum atomic E-state index is 0.362. The number of nitrogens with two attached hydrogens (primary N) is 1. The third-order valence-corrected chi connectivity index (χ3v) is 4.87. The number of hydrogen-bond acceptors (Lipinski definition) is 4. The minimum absolute atomic E-state index is 0.362. The highest BCUT2D eigenvalue weighted by atomic mass is 16.5. The molecule has 0 amide bonds. The largest absolute Gasteiger partial charge is 0.497 e. The second-order valence-electron chi connectivity index (χ2n) is 6.16. The summed E-state index contributed by atoms with van der Waals surface area (Å²) in [5.41, 5.74) is 7.31. The van der Waals surface area contributed by atoms with Crippen molar-refractivity contribution in [2.75, 3.05) is 27.3 Å². The third-order valence-electron chi connectivity index (χ3n) is 4.87. The summed E-state index contributed by atoms with van der Waals surface area (Å²) < 4.78 is 11.0. The smallest absolute Gasteiger partial charge is 0.123 e. The van der Waals surface area contributed by atoms with Crippen molar-refractivity contribution in [3.63, 3.8) is 0 Å². The van der Waals surface area contributed by atoms with Gasteiger partial charge in [0.1, 0.15) is 11.5 Å². The molecule has 1 heterocycles. The van der Waals surface area contributed by atoms with E-state index in [1.165, 1.54) is 37.8 Å². The molecule has 1 aliphatic heterocycles. The number of benzene rings is 1. The second kappa shape index (κ2) is 6.24. The summed E-state index contributed by atoms with van der Waals surface area (Å²) in [6, 6.07) is 7.21. The minimum Gasteiger partial charge on any atom is -0.497 e. The predicted molar refractivity (Wildman–Crippen MR) is 83.8 cm³/mol. The van der Waals surface area contributed by atoms with Gasteiger partial charge in [-0.05, 0) is 62.9 Å². The summed E-state index contributed by atoms with van der Waals surface area (Å²) in [5.74, 6) is 2.34. The van der Waals surface area contributed by atoms with Crippen LogP contribution in [0.4, 0.5) is 0 Å². The van der Waals surface area contributed by atoms with Gasteiger partial charge in [-0.15, -0.1) is 0 Å². The standard InChI is InChI=1S/C17H26N2O2/c1-20-14-7-8-16(21-2)15(10-14)17-12(11-18)4-3-9-19(17)13-5-6-13/h7-8,10,12-13,17H,3-6,9,11,18H2,1-2H3. The fraction of sp³-hybridized carbons (Fsp3) is 0.647. The Morgan fingerprint density at radius 2 is 2.00 bits per heavy atom. The van der Waals surface area contributed by atoms with E-state index >= 15 is 0 Å². The summed E-state index contributed by atoms with van der Waals surface area (Å²) in [4.78, 5) is 2.65. The first-order valence-electron chi connectivity index (χ1n) is 7.96. The molecular formula is C17H26N2O2. The Labute approximate surface area is 127 Å². The van der Waals surface area contributed by atoms with Crippen LogP contribution in [0.3, 0.4) is 0 Å². The van der Waals surface area contributed by atoms with Gasteiger partial charge in [-0.1, -0.05) is 0 Å². The van der Waals surface area contributed by atoms with E-state index in [9.17, 15) is 0 Å². The molecule has 116 valence electrons. The first kappa shape index (κ1) is 14.7. The first-order chi connectivity index (χ1) is 10.3. The van der Waals surface area contributed by atoms with Gasteiger partial charge in [0.25, 0.3) is 0 Å². The number of rotatable bonds is 5. The van der Waals surface area contributed by atoms with Gasteiger partial charge in [0.2, 0.25) is 0 Å². The lowest BCUT2D eigenvalue weighted by Gasteiger charge is -2.42. The first-order valence-corrected chi connectivity index (χ1v) is 7.96. The van der Waals surface area contributed by atoms with Gasteiger partial charge in [0.15, 0.2) is 0 Å². The number of piperidine rings is 1. The van der Waals surface area contributed by atoms with Gasteiger partial charge < -0.3 is 15.2 Å². The van der Waals surface area contributed by atoms with Crippen molar-refractivity contribution in [1.82, 2.24) is 4.90 Å². The Hall–Kier alpha value is -1.26. The van der Waals surface area contributed by atoms with Crippen LogP contribution in [0.1, 0.15) is 37.3 Å². The molecule has 4 nitrogen and oxygen atoms in total. The SMILES string of the molecule is COc1ccc(OC)c(C2C(CN)CCCN2C2CC2)c1. The fourth-order valence-corrected chi connectivity index (χ4v) is 3.67. The van der Waals surface area contributed by atoms with Gasteiger partial charge in [0.05, 0.1) is 14.2 Å². The topological polar surface area (TPSA) is 47.7 Å². The number of nitrogens with zero attached hydrogens (tertiary/aromatic N) is 1. The maximum atomic E-state index is 6.08. The van der Waals surface area contributed by atoms with Gasteiger partial charge in [-0.2, -0.15) is 0 Å². The molecule has 1 aromatic carbocycles. The van der Waals surface area contributed by atoms with Crippen LogP contribution in [0.15, 0.2) is 18.2 Å². The molecule has 3 rings (SSSR count). The maximum Gasteiger partial charge on any atom is 0.123 e. The number of likely N-dealkylation sites (tertiary alicyclic amines) is 1. The molecule has 2 fully saturated rings. The van der Waals surface area contributed by atoms with E-state index in [4.69, 9.17) is 15.2 Å². The van der Waals surface area contributed by atoms with Crippen molar-refractivity contribution in [2.45, 2.75) is 37.8 Å². The highest BCUT2D eigenvalue weighted by Crippen LogP contribution is 2.45.